The lowest BCUT2D eigenvalue weighted by Crippen LogP contribution is -2.30. The van der Waals surface area contributed by atoms with E-state index < -0.39 is 97.5 Å². The first kappa shape index (κ1) is 95.1. The summed E-state index contributed by atoms with van der Waals surface area (Å²) in [4.78, 5) is 72.8. The topological polar surface area (TPSA) is 237 Å². The number of aliphatic hydroxyl groups is 1. The van der Waals surface area contributed by atoms with Gasteiger partial charge in [0.2, 0.25) is 0 Å². The highest BCUT2D eigenvalue weighted by Gasteiger charge is 2.30. The lowest BCUT2D eigenvalue weighted by Gasteiger charge is -2.21. The van der Waals surface area contributed by atoms with Crippen molar-refractivity contribution in [3.05, 3.63) is 0 Å². The summed E-state index contributed by atoms with van der Waals surface area (Å²) in [6.07, 6.45) is 53.0. The molecule has 0 saturated carbocycles. The van der Waals surface area contributed by atoms with Crippen LogP contribution in [0.2, 0.25) is 0 Å². The molecule has 17 nitrogen and oxygen atoms in total. The van der Waals surface area contributed by atoms with Crippen molar-refractivity contribution in [2.75, 3.05) is 39.6 Å². The molecule has 0 heterocycles. The first-order chi connectivity index (χ1) is 46.6. The van der Waals surface area contributed by atoms with Gasteiger partial charge in [-0.1, -0.05) is 344 Å². The Morgan fingerprint density at radius 2 is 0.495 bits per heavy atom. The van der Waals surface area contributed by atoms with Crippen LogP contribution >= 0.6 is 15.6 Å². The molecule has 0 aliphatic carbocycles. The van der Waals surface area contributed by atoms with Crippen LogP contribution in [0.1, 0.15) is 396 Å². The van der Waals surface area contributed by atoms with Crippen LogP contribution in [-0.4, -0.2) is 96.7 Å². The van der Waals surface area contributed by atoms with Gasteiger partial charge in [0.15, 0.2) is 12.2 Å². The van der Waals surface area contributed by atoms with Gasteiger partial charge in [-0.2, -0.15) is 0 Å². The van der Waals surface area contributed by atoms with Crippen molar-refractivity contribution in [3.63, 3.8) is 0 Å². The number of rotatable bonds is 75. The molecule has 0 saturated heterocycles. The van der Waals surface area contributed by atoms with Crippen molar-refractivity contribution >= 4 is 39.5 Å². The third-order valence-electron chi connectivity index (χ3n) is 18.4. The minimum absolute atomic E-state index is 0.102. The van der Waals surface area contributed by atoms with Gasteiger partial charge in [0.25, 0.3) is 0 Å². The molecule has 0 rings (SSSR count). The Bertz CT molecular complexity index is 1900. The number of aliphatic hydroxyl groups excluding tert-OH is 1. The van der Waals surface area contributed by atoms with Crippen LogP contribution in [0, 0.1) is 23.7 Å². The molecule has 576 valence electrons. The van der Waals surface area contributed by atoms with Gasteiger partial charge in [0, 0.05) is 25.7 Å². The van der Waals surface area contributed by atoms with Crippen LogP contribution in [-0.2, 0) is 65.4 Å². The van der Waals surface area contributed by atoms with Crippen LogP contribution in [0.25, 0.3) is 0 Å². The Balaban J connectivity index is 5.19. The molecule has 19 heteroatoms. The number of hydrogen-bond acceptors (Lipinski definition) is 15. The predicted molar refractivity (Wildman–Crippen MR) is 395 cm³/mol. The second kappa shape index (κ2) is 67.2. The minimum Gasteiger partial charge on any atom is -0.462 e. The summed E-state index contributed by atoms with van der Waals surface area (Å²) in [6, 6.07) is 0. The fourth-order valence-electron chi connectivity index (χ4n) is 11.9. The quantitative estimate of drug-likeness (QED) is 0.0222. The minimum atomic E-state index is -4.96. The van der Waals surface area contributed by atoms with Crippen LogP contribution in [0.15, 0.2) is 0 Å². The molecule has 0 aromatic heterocycles. The van der Waals surface area contributed by atoms with E-state index in [9.17, 15) is 43.2 Å². The fourth-order valence-corrected chi connectivity index (χ4v) is 13.5. The number of esters is 4. The van der Waals surface area contributed by atoms with E-state index in [2.05, 4.69) is 55.4 Å². The number of carbonyl (C=O) groups is 4. The van der Waals surface area contributed by atoms with E-state index in [4.69, 9.17) is 37.0 Å². The number of hydrogen-bond donors (Lipinski definition) is 3. The molecule has 0 aliphatic heterocycles. The monoisotopic (exact) mass is 1420 g/mol. The van der Waals surface area contributed by atoms with Gasteiger partial charge in [0.05, 0.1) is 26.4 Å². The summed E-state index contributed by atoms with van der Waals surface area (Å²) in [5.74, 6) is 0.914. The number of phosphoric ester groups is 2. The molecule has 0 amide bonds. The van der Waals surface area contributed by atoms with E-state index in [-0.39, 0.29) is 25.7 Å². The summed E-state index contributed by atoms with van der Waals surface area (Å²) in [6.45, 7) is 14.2. The smallest absolute Gasteiger partial charge is 0.462 e. The van der Waals surface area contributed by atoms with Gasteiger partial charge in [-0.25, -0.2) is 9.13 Å². The lowest BCUT2D eigenvalue weighted by molar-refractivity contribution is -0.161. The van der Waals surface area contributed by atoms with Crippen LogP contribution < -0.4 is 0 Å². The van der Waals surface area contributed by atoms with E-state index in [1.54, 1.807) is 0 Å². The van der Waals surface area contributed by atoms with Crippen LogP contribution in [0.4, 0.5) is 0 Å². The molecule has 0 aromatic rings. The van der Waals surface area contributed by atoms with Crippen molar-refractivity contribution in [2.45, 2.75) is 414 Å². The highest BCUT2D eigenvalue weighted by Crippen LogP contribution is 2.45. The maximum Gasteiger partial charge on any atom is 0.472 e. The third-order valence-corrected chi connectivity index (χ3v) is 20.3. The van der Waals surface area contributed by atoms with E-state index in [0.717, 1.165) is 114 Å². The Labute approximate surface area is 594 Å². The van der Waals surface area contributed by atoms with E-state index >= 15 is 0 Å². The van der Waals surface area contributed by atoms with Crippen molar-refractivity contribution in [1.29, 1.82) is 0 Å². The second-order valence-corrected chi connectivity index (χ2v) is 32.7. The van der Waals surface area contributed by atoms with Crippen molar-refractivity contribution in [1.82, 2.24) is 0 Å². The molecule has 6 atom stereocenters. The number of ether oxygens (including phenoxy) is 4. The van der Waals surface area contributed by atoms with E-state index in [1.165, 1.54) is 193 Å². The maximum absolute atomic E-state index is 13.1. The third kappa shape index (κ3) is 70.9. The number of phosphoric acid groups is 2. The summed E-state index contributed by atoms with van der Waals surface area (Å²) in [5, 5.41) is 10.6. The van der Waals surface area contributed by atoms with Gasteiger partial charge >= 0.3 is 39.5 Å². The Kier molecular flexibility index (Phi) is 65.9. The molecule has 0 radical (unpaired) electrons. The van der Waals surface area contributed by atoms with Crippen molar-refractivity contribution in [3.8, 4) is 0 Å². The first-order valence-corrected chi connectivity index (χ1v) is 43.2. The normalized spacial score (nSPS) is 14.4. The standard InChI is InChI=1S/C78H152O17P2/c1-9-71(8)57-49-41-36-37-43-51-59-76(81)89-65-74(95-78(83)61-53-45-35-29-32-40-48-56-70(6)7)67-93-97(86,87)91-63-72(79)62-90-96(84,85)92-66-73(94-77(82)60-52-44-34-28-24-20-16-18-22-26-31-39-47-55-69(4)5)64-88-75(80)58-50-42-33-27-23-19-15-13-11-10-12-14-17-21-25-30-38-46-54-68(2)3/h68-74,79H,9-67H2,1-8H3,(H,84,85)(H,86,87)/t71?,72-,73-,74-/m1/s1. The molecular formula is C78H152O17P2. The Hall–Kier alpha value is -1.94. The first-order valence-electron chi connectivity index (χ1n) is 40.2. The molecule has 3 unspecified atom stereocenters. The van der Waals surface area contributed by atoms with Crippen LogP contribution in [0.3, 0.4) is 0 Å². The zero-order valence-electron chi connectivity index (χ0n) is 63.7. The zero-order valence-corrected chi connectivity index (χ0v) is 65.5. The molecule has 0 aromatic carbocycles. The average molecular weight is 1420 g/mol. The van der Waals surface area contributed by atoms with Crippen molar-refractivity contribution < 1.29 is 80.2 Å². The molecular weight excluding hydrogens is 1270 g/mol. The summed E-state index contributed by atoms with van der Waals surface area (Å²) in [7, 11) is -9.91. The Morgan fingerprint density at radius 1 is 0.289 bits per heavy atom. The van der Waals surface area contributed by atoms with Gasteiger partial charge in [-0.3, -0.25) is 37.3 Å². The molecule has 3 N–H and O–H groups in total. The average Bonchev–Trinajstić information content (AvgIpc) is 1.68. The largest absolute Gasteiger partial charge is 0.472 e. The molecule has 0 fully saturated rings. The van der Waals surface area contributed by atoms with Gasteiger partial charge < -0.3 is 33.8 Å². The van der Waals surface area contributed by atoms with Gasteiger partial charge in [-0.05, 0) is 49.4 Å². The van der Waals surface area contributed by atoms with Gasteiger partial charge in [-0.15, -0.1) is 0 Å². The van der Waals surface area contributed by atoms with Crippen molar-refractivity contribution in [2.24, 2.45) is 23.7 Å². The molecule has 0 aliphatic rings. The van der Waals surface area contributed by atoms with E-state index in [1.807, 2.05) is 0 Å². The predicted octanol–water partition coefficient (Wildman–Crippen LogP) is 22.8. The fraction of sp³-hybridized carbons (Fsp3) is 0.949. The zero-order chi connectivity index (χ0) is 71.7. The summed E-state index contributed by atoms with van der Waals surface area (Å²) in [5.41, 5.74) is 0. The van der Waals surface area contributed by atoms with Crippen LogP contribution in [0.5, 0.6) is 0 Å². The maximum atomic E-state index is 13.1. The highest BCUT2D eigenvalue weighted by atomic mass is 31.2. The highest BCUT2D eigenvalue weighted by molar-refractivity contribution is 7.47. The summed E-state index contributed by atoms with van der Waals surface area (Å²) >= 11 is 0. The summed E-state index contributed by atoms with van der Waals surface area (Å²) < 4.78 is 68.5. The van der Waals surface area contributed by atoms with Gasteiger partial charge in [0.1, 0.15) is 19.3 Å². The SMILES string of the molecule is CCC(C)CCCCCCCCC(=O)OC[C@H](COP(=O)(O)OC[C@H](O)COP(=O)(O)OC[C@@H](COC(=O)CCCCCCCCCCCCCCCCCCCCC(C)C)OC(=O)CCCCCCCCCCCCCCCC(C)C)OC(=O)CCCCCCCCCC(C)C. The van der Waals surface area contributed by atoms with E-state index in [0.29, 0.717) is 31.6 Å². The molecule has 97 heavy (non-hydrogen) atoms. The second-order valence-electron chi connectivity index (χ2n) is 29.8. The number of unbranched alkanes of at least 4 members (excludes halogenated alkanes) is 40. The lowest BCUT2D eigenvalue weighted by atomic mass is 10.00. The molecule has 0 bridgehead atoms. The molecule has 0 spiro atoms. The Morgan fingerprint density at radius 3 is 0.732 bits per heavy atom. The number of carbonyl (C=O) groups excluding carboxylic acids is 4.